The van der Waals surface area contributed by atoms with Gasteiger partial charge in [-0.2, -0.15) is 0 Å². The highest BCUT2D eigenvalue weighted by Gasteiger charge is 2.50. The predicted molar refractivity (Wildman–Crippen MR) is 68.2 cm³/mol. The van der Waals surface area contributed by atoms with E-state index in [4.69, 9.17) is 6.42 Å². The molecule has 92 valence electrons. The van der Waals surface area contributed by atoms with Crippen molar-refractivity contribution in [3.63, 3.8) is 0 Å². The fourth-order valence-electron chi connectivity index (χ4n) is 4.98. The van der Waals surface area contributed by atoms with Crippen LogP contribution in [0.15, 0.2) is 0 Å². The third-order valence-corrected chi connectivity index (χ3v) is 5.34. The number of terminal acetylenes is 1. The van der Waals surface area contributed by atoms with Gasteiger partial charge in [0.15, 0.2) is 0 Å². The SMILES string of the molecule is C#CCCCC(=O)C1C2CC3CC(C2)CC1C3. The molecule has 4 fully saturated rings. The molecule has 1 heteroatoms. The molecule has 0 heterocycles. The van der Waals surface area contributed by atoms with Crippen LogP contribution in [0.5, 0.6) is 0 Å². The molecule has 0 aromatic heterocycles. The van der Waals surface area contributed by atoms with Crippen LogP contribution >= 0.6 is 0 Å². The summed E-state index contributed by atoms with van der Waals surface area (Å²) in [5.74, 6) is 7.00. The lowest BCUT2D eigenvalue weighted by molar-refractivity contribution is -0.135. The van der Waals surface area contributed by atoms with E-state index in [1.54, 1.807) is 0 Å². The first-order valence-electron chi connectivity index (χ1n) is 7.24. The normalized spacial score (nSPS) is 42.4. The number of hydrogen-bond donors (Lipinski definition) is 0. The van der Waals surface area contributed by atoms with Gasteiger partial charge in [-0.3, -0.25) is 4.79 Å². The molecule has 0 amide bonds. The second kappa shape index (κ2) is 4.48. The molecule has 17 heavy (non-hydrogen) atoms. The maximum absolute atomic E-state index is 12.3. The molecule has 0 radical (unpaired) electrons. The Morgan fingerprint density at radius 1 is 1.06 bits per heavy atom. The van der Waals surface area contributed by atoms with Crippen LogP contribution < -0.4 is 0 Å². The summed E-state index contributed by atoms with van der Waals surface area (Å²) in [6.45, 7) is 0. The minimum absolute atomic E-state index is 0.417. The molecule has 0 unspecified atom stereocenters. The highest BCUT2D eigenvalue weighted by molar-refractivity contribution is 5.82. The average Bonchev–Trinajstić information content (AvgIpc) is 2.27. The van der Waals surface area contributed by atoms with Gasteiger partial charge in [-0.05, 0) is 62.2 Å². The summed E-state index contributed by atoms with van der Waals surface area (Å²) in [5.41, 5.74) is 0. The Kier molecular flexibility index (Phi) is 2.99. The summed E-state index contributed by atoms with van der Waals surface area (Å²) in [6, 6.07) is 0. The van der Waals surface area contributed by atoms with Crippen molar-refractivity contribution < 1.29 is 4.79 Å². The van der Waals surface area contributed by atoms with Crippen LogP contribution in [0.4, 0.5) is 0 Å². The van der Waals surface area contributed by atoms with E-state index in [2.05, 4.69) is 5.92 Å². The Balaban J connectivity index is 1.64. The average molecular weight is 230 g/mol. The first kappa shape index (κ1) is 11.3. The van der Waals surface area contributed by atoms with Gasteiger partial charge in [0.25, 0.3) is 0 Å². The van der Waals surface area contributed by atoms with Crippen LogP contribution in [-0.4, -0.2) is 5.78 Å². The van der Waals surface area contributed by atoms with Gasteiger partial charge in [0, 0.05) is 18.8 Å². The van der Waals surface area contributed by atoms with Crippen molar-refractivity contribution in [3.05, 3.63) is 0 Å². The lowest BCUT2D eigenvalue weighted by atomic mass is 9.51. The van der Waals surface area contributed by atoms with E-state index >= 15 is 0 Å². The van der Waals surface area contributed by atoms with Crippen LogP contribution in [-0.2, 0) is 4.79 Å². The van der Waals surface area contributed by atoms with E-state index in [1.165, 1.54) is 32.1 Å². The number of hydrogen-bond acceptors (Lipinski definition) is 1. The second-order valence-corrected chi connectivity index (χ2v) is 6.48. The summed E-state index contributed by atoms with van der Waals surface area (Å²) in [6.07, 6.45) is 14.5. The predicted octanol–water partition coefficient (Wildman–Crippen LogP) is 3.43. The first-order valence-corrected chi connectivity index (χ1v) is 7.24. The molecule has 0 aliphatic heterocycles. The van der Waals surface area contributed by atoms with Gasteiger partial charge in [-0.1, -0.05) is 0 Å². The molecule has 4 aliphatic carbocycles. The Bertz CT molecular complexity index is 321. The lowest BCUT2D eigenvalue weighted by Gasteiger charge is -2.53. The highest BCUT2D eigenvalue weighted by atomic mass is 16.1. The zero-order valence-electron chi connectivity index (χ0n) is 10.5. The maximum atomic E-state index is 12.3. The Hall–Kier alpha value is -0.770. The summed E-state index contributed by atoms with van der Waals surface area (Å²) >= 11 is 0. The van der Waals surface area contributed by atoms with Gasteiger partial charge in [0.2, 0.25) is 0 Å². The molecule has 4 bridgehead atoms. The van der Waals surface area contributed by atoms with E-state index in [1.807, 2.05) is 0 Å². The fraction of sp³-hybridized carbons (Fsp3) is 0.812. The van der Waals surface area contributed by atoms with Crippen LogP contribution in [0.1, 0.15) is 51.4 Å². The molecule has 1 nitrogen and oxygen atoms in total. The third-order valence-electron chi connectivity index (χ3n) is 5.34. The number of Topliss-reactive ketones (excluding diaryl/α,β-unsaturated/α-hetero) is 1. The summed E-state index contributed by atoms with van der Waals surface area (Å²) in [7, 11) is 0. The Labute approximate surface area is 104 Å². The zero-order chi connectivity index (χ0) is 11.8. The summed E-state index contributed by atoms with van der Waals surface area (Å²) < 4.78 is 0. The summed E-state index contributed by atoms with van der Waals surface area (Å²) in [4.78, 5) is 12.3. The zero-order valence-corrected chi connectivity index (χ0v) is 10.5. The van der Waals surface area contributed by atoms with Crippen molar-refractivity contribution in [2.75, 3.05) is 0 Å². The lowest BCUT2D eigenvalue weighted by Crippen LogP contribution is -2.47. The number of rotatable bonds is 4. The van der Waals surface area contributed by atoms with Gasteiger partial charge in [-0.25, -0.2) is 0 Å². The molecule has 4 saturated carbocycles. The van der Waals surface area contributed by atoms with Crippen LogP contribution in [0.3, 0.4) is 0 Å². The number of unbranched alkanes of at least 4 members (excludes halogenated alkanes) is 1. The van der Waals surface area contributed by atoms with Gasteiger partial charge < -0.3 is 0 Å². The molecule has 0 aromatic carbocycles. The quantitative estimate of drug-likeness (QED) is 0.534. The number of carbonyl (C=O) groups excluding carboxylic acids is 1. The topological polar surface area (TPSA) is 17.1 Å². The first-order chi connectivity index (χ1) is 8.28. The second-order valence-electron chi connectivity index (χ2n) is 6.48. The molecule has 0 atom stereocenters. The molecule has 0 aromatic rings. The smallest absolute Gasteiger partial charge is 0.136 e. The van der Waals surface area contributed by atoms with Crippen molar-refractivity contribution in [2.45, 2.75) is 51.4 Å². The Morgan fingerprint density at radius 2 is 1.65 bits per heavy atom. The van der Waals surface area contributed by atoms with Gasteiger partial charge >= 0.3 is 0 Å². The Morgan fingerprint density at radius 3 is 2.18 bits per heavy atom. The van der Waals surface area contributed by atoms with Crippen molar-refractivity contribution in [1.82, 2.24) is 0 Å². The largest absolute Gasteiger partial charge is 0.299 e. The highest BCUT2D eigenvalue weighted by Crippen LogP contribution is 2.56. The van der Waals surface area contributed by atoms with Crippen LogP contribution in [0.25, 0.3) is 0 Å². The molecule has 0 N–H and O–H groups in total. The van der Waals surface area contributed by atoms with E-state index in [-0.39, 0.29) is 0 Å². The van der Waals surface area contributed by atoms with E-state index in [0.717, 1.165) is 42.9 Å². The number of ketones is 1. The van der Waals surface area contributed by atoms with Gasteiger partial charge in [0.05, 0.1) is 0 Å². The standard InChI is InChI=1S/C16H22O/c1-2-3-4-5-15(17)16-13-7-11-6-12(9-13)10-14(16)8-11/h1,11-14,16H,3-10H2. The van der Waals surface area contributed by atoms with Crippen molar-refractivity contribution in [1.29, 1.82) is 0 Å². The van der Waals surface area contributed by atoms with Crippen LogP contribution in [0, 0.1) is 41.9 Å². The molecule has 4 aliphatic rings. The van der Waals surface area contributed by atoms with Crippen molar-refractivity contribution in [3.8, 4) is 12.3 Å². The van der Waals surface area contributed by atoms with E-state index in [0.29, 0.717) is 11.7 Å². The van der Waals surface area contributed by atoms with Gasteiger partial charge in [-0.15, -0.1) is 12.3 Å². The molecule has 0 saturated heterocycles. The minimum Gasteiger partial charge on any atom is -0.299 e. The molecule has 0 spiro atoms. The number of carbonyl (C=O) groups is 1. The monoisotopic (exact) mass is 230 g/mol. The summed E-state index contributed by atoms with van der Waals surface area (Å²) in [5, 5.41) is 0. The fourth-order valence-corrected chi connectivity index (χ4v) is 4.98. The van der Waals surface area contributed by atoms with E-state index in [9.17, 15) is 4.79 Å². The maximum Gasteiger partial charge on any atom is 0.136 e. The molecular formula is C16H22O. The van der Waals surface area contributed by atoms with E-state index < -0.39 is 0 Å². The van der Waals surface area contributed by atoms with Crippen molar-refractivity contribution >= 4 is 5.78 Å². The minimum atomic E-state index is 0.417. The van der Waals surface area contributed by atoms with Crippen LogP contribution in [0.2, 0.25) is 0 Å². The van der Waals surface area contributed by atoms with Crippen molar-refractivity contribution in [2.24, 2.45) is 29.6 Å². The van der Waals surface area contributed by atoms with Gasteiger partial charge in [0.1, 0.15) is 5.78 Å². The molecular weight excluding hydrogens is 208 g/mol. The molecule has 4 rings (SSSR count). The third kappa shape index (κ3) is 2.03.